The van der Waals surface area contributed by atoms with Crippen LogP contribution in [0.3, 0.4) is 0 Å². The Balaban J connectivity index is 2.03. The summed E-state index contributed by atoms with van der Waals surface area (Å²) in [5.74, 6) is 0. The first-order valence-corrected chi connectivity index (χ1v) is 10.5. The molecule has 0 fully saturated rings. The predicted molar refractivity (Wildman–Crippen MR) is 119 cm³/mol. The zero-order chi connectivity index (χ0) is 21.6. The summed E-state index contributed by atoms with van der Waals surface area (Å²) in [6, 6.07) is 9.33. The minimum Gasteiger partial charge on any atom is -0.373 e. The summed E-state index contributed by atoms with van der Waals surface area (Å²) in [5.41, 5.74) is 3.56. The molecule has 3 heterocycles. The fourth-order valence-corrected chi connectivity index (χ4v) is 4.75. The SMILES string of the molecule is CCc1c(Cl)nc2ccc(C(O)(C3=[N+](C)N=NC3)c3ccc(C)nc3C)cc2c1Cl. The molecule has 0 saturated carbocycles. The van der Waals surface area contributed by atoms with Crippen LogP contribution in [0.4, 0.5) is 0 Å². The van der Waals surface area contributed by atoms with E-state index < -0.39 is 5.60 Å². The number of benzene rings is 1. The first kappa shape index (κ1) is 20.8. The highest BCUT2D eigenvalue weighted by molar-refractivity contribution is 6.39. The van der Waals surface area contributed by atoms with E-state index in [4.69, 9.17) is 23.2 Å². The Bertz CT molecular complexity index is 1240. The monoisotopic (exact) mass is 442 g/mol. The van der Waals surface area contributed by atoms with Crippen LogP contribution in [0.5, 0.6) is 0 Å². The lowest BCUT2D eigenvalue weighted by molar-refractivity contribution is -0.509. The lowest BCUT2D eigenvalue weighted by Crippen LogP contribution is -2.42. The summed E-state index contributed by atoms with van der Waals surface area (Å²) in [5, 5.41) is 22.1. The van der Waals surface area contributed by atoms with Crippen LogP contribution in [0.15, 0.2) is 40.7 Å². The van der Waals surface area contributed by atoms with Gasteiger partial charge < -0.3 is 5.11 Å². The number of fused-ring (bicyclic) bond motifs is 1. The fourth-order valence-electron chi connectivity index (χ4n) is 4.01. The summed E-state index contributed by atoms with van der Waals surface area (Å²) in [7, 11) is 1.78. The van der Waals surface area contributed by atoms with Crippen LogP contribution < -0.4 is 0 Å². The summed E-state index contributed by atoms with van der Waals surface area (Å²) < 4.78 is 1.61. The van der Waals surface area contributed by atoms with Crippen molar-refractivity contribution in [3.63, 3.8) is 0 Å². The second-order valence-electron chi connectivity index (χ2n) is 7.44. The van der Waals surface area contributed by atoms with E-state index in [9.17, 15) is 5.11 Å². The summed E-state index contributed by atoms with van der Waals surface area (Å²) in [4.78, 5) is 9.05. The molecule has 4 rings (SSSR count). The normalized spacial score (nSPS) is 15.8. The highest BCUT2D eigenvalue weighted by Crippen LogP contribution is 2.38. The number of nitrogens with zero attached hydrogens (tertiary/aromatic N) is 5. The smallest absolute Gasteiger partial charge is 0.219 e. The number of hydrogen-bond acceptors (Lipinski definition) is 5. The Hall–Kier alpha value is -2.41. The number of aromatic nitrogens is 2. The molecule has 30 heavy (non-hydrogen) atoms. The van der Waals surface area contributed by atoms with Crippen molar-refractivity contribution in [1.29, 1.82) is 0 Å². The van der Waals surface area contributed by atoms with E-state index in [2.05, 4.69) is 20.3 Å². The van der Waals surface area contributed by atoms with E-state index >= 15 is 0 Å². The van der Waals surface area contributed by atoms with Gasteiger partial charge in [-0.2, -0.15) is 0 Å². The van der Waals surface area contributed by atoms with Gasteiger partial charge in [0.2, 0.25) is 6.54 Å². The van der Waals surface area contributed by atoms with Crippen LogP contribution in [0.1, 0.15) is 35.0 Å². The van der Waals surface area contributed by atoms with Gasteiger partial charge in [-0.05, 0) is 44.0 Å². The molecule has 1 atom stereocenters. The second kappa shape index (κ2) is 7.69. The average Bonchev–Trinajstić information content (AvgIpc) is 3.14. The molecule has 3 aromatic rings. The molecule has 0 aliphatic carbocycles. The molecule has 0 spiro atoms. The van der Waals surface area contributed by atoms with E-state index in [-0.39, 0.29) is 6.54 Å². The maximum atomic E-state index is 12.2. The topological polar surface area (TPSA) is 73.7 Å². The third-order valence-electron chi connectivity index (χ3n) is 5.58. The van der Waals surface area contributed by atoms with Gasteiger partial charge in [0.05, 0.1) is 10.5 Å². The Morgan fingerprint density at radius 2 is 1.90 bits per heavy atom. The number of rotatable bonds is 4. The van der Waals surface area contributed by atoms with E-state index in [1.54, 1.807) is 11.7 Å². The van der Waals surface area contributed by atoms with Gasteiger partial charge in [-0.15, -0.1) is 4.68 Å². The molecule has 0 bridgehead atoms. The average molecular weight is 443 g/mol. The molecule has 0 amide bonds. The maximum absolute atomic E-state index is 12.2. The standard InChI is InChI=1S/C22H22Cl2N5O/c1-5-15-20(23)16-10-14(7-9-18(16)27-21(15)24)22(30,19-11-25-28-29(19)4)17-8-6-12(2)26-13(17)3/h6-10,30H,5,11H2,1-4H3/q+1. The number of aliphatic hydroxyl groups is 1. The Kier molecular flexibility index (Phi) is 5.34. The van der Waals surface area contributed by atoms with Gasteiger partial charge in [0.15, 0.2) is 11.3 Å². The molecular weight excluding hydrogens is 421 g/mol. The quantitative estimate of drug-likeness (QED) is 0.464. The third kappa shape index (κ3) is 3.20. The Labute approximate surface area is 184 Å². The number of aryl methyl sites for hydroxylation is 2. The first-order valence-electron chi connectivity index (χ1n) is 9.70. The van der Waals surface area contributed by atoms with Crippen molar-refractivity contribution in [2.24, 2.45) is 10.3 Å². The van der Waals surface area contributed by atoms with Crippen molar-refractivity contribution >= 4 is 39.8 Å². The molecule has 1 N–H and O–H groups in total. The van der Waals surface area contributed by atoms with Crippen molar-refractivity contribution in [3.05, 3.63) is 68.6 Å². The van der Waals surface area contributed by atoms with Crippen LogP contribution in [0.2, 0.25) is 10.2 Å². The molecular formula is C22H22Cl2N5O+. The predicted octanol–water partition coefficient (Wildman–Crippen LogP) is 4.82. The fraction of sp³-hybridized carbons (Fsp3) is 0.318. The molecule has 0 saturated heterocycles. The number of hydrogen-bond donors (Lipinski definition) is 1. The minimum atomic E-state index is -1.48. The summed E-state index contributed by atoms with van der Waals surface area (Å²) >= 11 is 13.0. The van der Waals surface area contributed by atoms with E-state index in [1.807, 2.05) is 51.1 Å². The van der Waals surface area contributed by atoms with Crippen LogP contribution in [0, 0.1) is 13.8 Å². The molecule has 154 valence electrons. The van der Waals surface area contributed by atoms with Gasteiger partial charge in [0, 0.05) is 33.0 Å². The number of halogens is 2. The van der Waals surface area contributed by atoms with Crippen molar-refractivity contribution in [2.45, 2.75) is 32.8 Å². The number of pyridine rings is 2. The third-order valence-corrected chi connectivity index (χ3v) is 6.32. The van der Waals surface area contributed by atoms with E-state index in [0.29, 0.717) is 39.0 Å². The van der Waals surface area contributed by atoms with Crippen molar-refractivity contribution < 1.29 is 9.79 Å². The maximum Gasteiger partial charge on any atom is 0.219 e. The highest BCUT2D eigenvalue weighted by Gasteiger charge is 2.45. The zero-order valence-electron chi connectivity index (χ0n) is 17.2. The molecule has 1 aliphatic rings. The van der Waals surface area contributed by atoms with E-state index in [1.165, 1.54) is 0 Å². The van der Waals surface area contributed by atoms with Crippen molar-refractivity contribution in [1.82, 2.24) is 9.97 Å². The van der Waals surface area contributed by atoms with Gasteiger partial charge in [-0.1, -0.05) is 42.3 Å². The molecule has 6 nitrogen and oxygen atoms in total. The van der Waals surface area contributed by atoms with Crippen LogP contribution in [-0.2, 0) is 12.0 Å². The molecule has 2 aromatic heterocycles. The van der Waals surface area contributed by atoms with Gasteiger partial charge in [-0.3, -0.25) is 4.98 Å². The lowest BCUT2D eigenvalue weighted by atomic mass is 9.80. The zero-order valence-corrected chi connectivity index (χ0v) is 18.8. The largest absolute Gasteiger partial charge is 0.373 e. The van der Waals surface area contributed by atoms with Gasteiger partial charge in [0.1, 0.15) is 17.4 Å². The van der Waals surface area contributed by atoms with E-state index in [0.717, 1.165) is 22.3 Å². The van der Waals surface area contributed by atoms with Crippen LogP contribution in [-0.4, -0.2) is 39.1 Å². The van der Waals surface area contributed by atoms with Gasteiger partial charge in [0.25, 0.3) is 0 Å². The molecule has 1 aromatic carbocycles. The van der Waals surface area contributed by atoms with Crippen LogP contribution in [0.25, 0.3) is 10.9 Å². The van der Waals surface area contributed by atoms with Gasteiger partial charge >= 0.3 is 0 Å². The molecule has 1 unspecified atom stereocenters. The molecule has 8 heteroatoms. The Morgan fingerprint density at radius 1 is 1.13 bits per heavy atom. The minimum absolute atomic E-state index is 0.283. The van der Waals surface area contributed by atoms with Crippen molar-refractivity contribution in [3.8, 4) is 0 Å². The van der Waals surface area contributed by atoms with Gasteiger partial charge in [-0.25, -0.2) is 4.98 Å². The molecule has 1 aliphatic heterocycles. The Morgan fingerprint density at radius 3 is 2.53 bits per heavy atom. The first-order chi connectivity index (χ1) is 14.3. The summed E-state index contributed by atoms with van der Waals surface area (Å²) in [6.45, 7) is 6.08. The lowest BCUT2D eigenvalue weighted by Gasteiger charge is -2.29. The highest BCUT2D eigenvalue weighted by atomic mass is 35.5. The van der Waals surface area contributed by atoms with Crippen LogP contribution >= 0.6 is 23.2 Å². The van der Waals surface area contributed by atoms with Crippen molar-refractivity contribution in [2.75, 3.05) is 13.6 Å². The second-order valence-corrected chi connectivity index (χ2v) is 8.17. The summed E-state index contributed by atoms with van der Waals surface area (Å²) in [6.07, 6.45) is 0.661. The molecule has 0 radical (unpaired) electrons.